The van der Waals surface area contributed by atoms with E-state index in [1.54, 1.807) is 13.0 Å². The third kappa shape index (κ3) is 5.19. The van der Waals surface area contributed by atoms with Crippen molar-refractivity contribution in [2.45, 2.75) is 39.2 Å². The molecule has 1 atom stereocenters. The molecule has 0 spiro atoms. The molecule has 1 saturated heterocycles. The lowest BCUT2D eigenvalue weighted by molar-refractivity contribution is -0.132. The molecule has 1 rings (SSSR count). The van der Waals surface area contributed by atoms with Gasteiger partial charge in [-0.2, -0.15) is 0 Å². The molecule has 1 aliphatic rings. The van der Waals surface area contributed by atoms with Crippen molar-refractivity contribution in [3.05, 3.63) is 12.7 Å². The van der Waals surface area contributed by atoms with Crippen LogP contribution in [0.2, 0.25) is 0 Å². The van der Waals surface area contributed by atoms with E-state index in [1.807, 2.05) is 0 Å². The minimum Gasteiger partial charge on any atom is -0.368 e. The zero-order chi connectivity index (χ0) is 13.4. The fourth-order valence-electron chi connectivity index (χ4n) is 2.06. The van der Waals surface area contributed by atoms with Crippen molar-refractivity contribution in [3.8, 4) is 0 Å². The lowest BCUT2D eigenvalue weighted by Gasteiger charge is -2.34. The molecular formula is C14H26N2O2. The van der Waals surface area contributed by atoms with Crippen molar-refractivity contribution in [1.29, 1.82) is 0 Å². The van der Waals surface area contributed by atoms with Gasteiger partial charge in [-0.1, -0.05) is 13.0 Å². The topological polar surface area (TPSA) is 50.4 Å². The molecule has 0 aromatic heterocycles. The third-order valence-corrected chi connectivity index (χ3v) is 3.56. The number of hydrogen-bond donors (Lipinski definition) is 2. The van der Waals surface area contributed by atoms with Crippen LogP contribution in [0.1, 0.15) is 33.1 Å². The van der Waals surface area contributed by atoms with Gasteiger partial charge in [-0.25, -0.2) is 0 Å². The monoisotopic (exact) mass is 254 g/mol. The number of rotatable bonds is 7. The second kappa shape index (κ2) is 7.54. The van der Waals surface area contributed by atoms with Crippen LogP contribution < -0.4 is 10.6 Å². The van der Waals surface area contributed by atoms with E-state index in [2.05, 4.69) is 24.1 Å². The zero-order valence-electron chi connectivity index (χ0n) is 11.6. The molecule has 0 radical (unpaired) electrons. The molecule has 104 valence electrons. The number of hydrogen-bond acceptors (Lipinski definition) is 3. The molecule has 1 amide bonds. The molecule has 18 heavy (non-hydrogen) atoms. The molecule has 0 aromatic carbocycles. The summed E-state index contributed by atoms with van der Waals surface area (Å²) in [5.74, 6) is -0.0150. The second-order valence-corrected chi connectivity index (χ2v) is 5.37. The van der Waals surface area contributed by atoms with Crippen LogP contribution in [0.25, 0.3) is 0 Å². The fraction of sp³-hybridized carbons (Fsp3) is 0.786. The molecule has 4 heteroatoms. The van der Waals surface area contributed by atoms with Crippen LogP contribution in [0, 0.1) is 5.41 Å². The van der Waals surface area contributed by atoms with Crippen LogP contribution in [-0.2, 0) is 9.53 Å². The first-order valence-corrected chi connectivity index (χ1v) is 6.78. The van der Waals surface area contributed by atoms with Gasteiger partial charge in [0.25, 0.3) is 0 Å². The van der Waals surface area contributed by atoms with E-state index in [4.69, 9.17) is 4.74 Å². The molecule has 0 saturated carbocycles. The molecule has 1 aliphatic heterocycles. The molecule has 2 N–H and O–H groups in total. The normalized spacial score (nSPS) is 20.1. The van der Waals surface area contributed by atoms with Crippen molar-refractivity contribution in [2.24, 2.45) is 5.41 Å². The summed E-state index contributed by atoms with van der Waals surface area (Å²) in [5, 5.41) is 6.34. The van der Waals surface area contributed by atoms with E-state index in [-0.39, 0.29) is 17.4 Å². The van der Waals surface area contributed by atoms with Crippen molar-refractivity contribution in [3.63, 3.8) is 0 Å². The van der Waals surface area contributed by atoms with Gasteiger partial charge in [0.05, 0.1) is 6.61 Å². The lowest BCUT2D eigenvalue weighted by Crippen LogP contribution is -2.45. The van der Waals surface area contributed by atoms with Crippen LogP contribution in [0.5, 0.6) is 0 Å². The smallest absolute Gasteiger partial charge is 0.248 e. The van der Waals surface area contributed by atoms with Crippen molar-refractivity contribution < 1.29 is 9.53 Å². The van der Waals surface area contributed by atoms with Gasteiger partial charge in [-0.3, -0.25) is 4.79 Å². The molecule has 1 unspecified atom stereocenters. The number of amides is 1. The highest BCUT2D eigenvalue weighted by atomic mass is 16.5. The highest BCUT2D eigenvalue weighted by molar-refractivity contribution is 5.80. The summed E-state index contributed by atoms with van der Waals surface area (Å²) in [7, 11) is 0. The Morgan fingerprint density at radius 1 is 1.56 bits per heavy atom. The predicted molar refractivity (Wildman–Crippen MR) is 73.4 cm³/mol. The second-order valence-electron chi connectivity index (χ2n) is 5.37. The van der Waals surface area contributed by atoms with Gasteiger partial charge in [0.2, 0.25) is 5.91 Å². The van der Waals surface area contributed by atoms with Crippen molar-refractivity contribution >= 4 is 5.91 Å². The van der Waals surface area contributed by atoms with Crippen molar-refractivity contribution in [2.75, 3.05) is 26.2 Å². The number of carbonyl (C=O) groups is 1. The molecule has 0 aliphatic carbocycles. The summed E-state index contributed by atoms with van der Waals surface area (Å²) >= 11 is 0. The standard InChI is InChI=1S/C14H26N2O2/c1-4-5-10-18-12(2)13(17)16-11-14(3)6-8-15-9-7-14/h4,12,15H,1,5-11H2,2-3H3,(H,16,17). The lowest BCUT2D eigenvalue weighted by atomic mass is 9.81. The van der Waals surface area contributed by atoms with Gasteiger partial charge >= 0.3 is 0 Å². The molecule has 4 nitrogen and oxygen atoms in total. The van der Waals surface area contributed by atoms with Crippen LogP contribution in [0.4, 0.5) is 0 Å². The Labute approximate surface area is 110 Å². The van der Waals surface area contributed by atoms with E-state index in [1.165, 1.54) is 0 Å². The minimum absolute atomic E-state index is 0.0150. The van der Waals surface area contributed by atoms with E-state index in [9.17, 15) is 4.79 Å². The van der Waals surface area contributed by atoms with Crippen LogP contribution in [-0.4, -0.2) is 38.3 Å². The van der Waals surface area contributed by atoms with Gasteiger partial charge in [0.1, 0.15) is 6.10 Å². The number of piperidine rings is 1. The predicted octanol–water partition coefficient (Wildman–Crippen LogP) is 1.47. The molecule has 0 bridgehead atoms. The number of ether oxygens (including phenoxy) is 1. The van der Waals surface area contributed by atoms with E-state index < -0.39 is 0 Å². The van der Waals surface area contributed by atoms with Gasteiger partial charge < -0.3 is 15.4 Å². The van der Waals surface area contributed by atoms with Gasteiger partial charge in [-0.05, 0) is 44.7 Å². The van der Waals surface area contributed by atoms with Gasteiger partial charge in [0, 0.05) is 6.54 Å². The first-order valence-electron chi connectivity index (χ1n) is 6.78. The largest absolute Gasteiger partial charge is 0.368 e. The summed E-state index contributed by atoms with van der Waals surface area (Å²) in [6.07, 6.45) is 4.41. The highest BCUT2D eigenvalue weighted by Crippen LogP contribution is 2.26. The fourth-order valence-corrected chi connectivity index (χ4v) is 2.06. The Morgan fingerprint density at radius 3 is 2.83 bits per heavy atom. The maximum atomic E-state index is 11.8. The number of nitrogens with one attached hydrogen (secondary N) is 2. The summed E-state index contributed by atoms with van der Waals surface area (Å²) in [5.41, 5.74) is 0.224. The Hall–Kier alpha value is -0.870. The minimum atomic E-state index is -0.379. The first kappa shape index (κ1) is 15.2. The quantitative estimate of drug-likeness (QED) is 0.534. The average molecular weight is 254 g/mol. The molecule has 1 heterocycles. The Kier molecular flexibility index (Phi) is 6.36. The summed E-state index contributed by atoms with van der Waals surface area (Å²) in [6.45, 7) is 11.0. The first-order chi connectivity index (χ1) is 8.57. The SMILES string of the molecule is C=CCCOC(C)C(=O)NCC1(C)CCNCC1. The van der Waals surface area contributed by atoms with Gasteiger partial charge in [-0.15, -0.1) is 6.58 Å². The van der Waals surface area contributed by atoms with E-state index >= 15 is 0 Å². The van der Waals surface area contributed by atoms with E-state index in [0.29, 0.717) is 6.61 Å². The average Bonchev–Trinajstić information content (AvgIpc) is 2.37. The summed E-state index contributed by atoms with van der Waals surface area (Å²) in [4.78, 5) is 11.8. The van der Waals surface area contributed by atoms with Crippen LogP contribution >= 0.6 is 0 Å². The Morgan fingerprint density at radius 2 is 2.22 bits per heavy atom. The summed E-state index contributed by atoms with van der Waals surface area (Å²) in [6, 6.07) is 0. The number of carbonyl (C=O) groups excluding carboxylic acids is 1. The van der Waals surface area contributed by atoms with Crippen LogP contribution in [0.3, 0.4) is 0 Å². The maximum absolute atomic E-state index is 11.8. The molecule has 0 aromatic rings. The molecular weight excluding hydrogens is 228 g/mol. The van der Waals surface area contributed by atoms with Crippen LogP contribution in [0.15, 0.2) is 12.7 Å². The summed E-state index contributed by atoms with van der Waals surface area (Å²) < 4.78 is 5.42. The molecule has 1 fully saturated rings. The Bertz CT molecular complexity index is 273. The Balaban J connectivity index is 2.24. The zero-order valence-corrected chi connectivity index (χ0v) is 11.6. The van der Waals surface area contributed by atoms with Crippen molar-refractivity contribution in [1.82, 2.24) is 10.6 Å². The highest BCUT2D eigenvalue weighted by Gasteiger charge is 2.27. The third-order valence-electron chi connectivity index (χ3n) is 3.56. The van der Waals surface area contributed by atoms with E-state index in [0.717, 1.165) is 38.9 Å². The maximum Gasteiger partial charge on any atom is 0.248 e. The van der Waals surface area contributed by atoms with Gasteiger partial charge in [0.15, 0.2) is 0 Å².